The Morgan fingerprint density at radius 2 is 2.33 bits per heavy atom. The summed E-state index contributed by atoms with van der Waals surface area (Å²) in [5.74, 6) is 0. The SMILES string of the molecule is O=[N+]([O-])c1ccc2c(ccn2CC2CCCO2)c1. The Labute approximate surface area is 104 Å². The number of aromatic nitrogens is 1. The third kappa shape index (κ3) is 1.97. The number of nitro benzene ring substituents is 1. The Morgan fingerprint density at radius 3 is 3.06 bits per heavy atom. The second-order valence-electron chi connectivity index (χ2n) is 4.60. The largest absolute Gasteiger partial charge is 0.376 e. The Morgan fingerprint density at radius 1 is 1.44 bits per heavy atom. The molecule has 1 aromatic carbocycles. The second-order valence-corrected chi connectivity index (χ2v) is 4.60. The molecule has 1 aliphatic heterocycles. The number of hydrogen-bond acceptors (Lipinski definition) is 3. The molecule has 0 bridgehead atoms. The fourth-order valence-electron chi connectivity index (χ4n) is 2.47. The average molecular weight is 246 g/mol. The van der Waals surface area contributed by atoms with Gasteiger partial charge in [0, 0.05) is 42.4 Å². The Hall–Kier alpha value is -1.88. The van der Waals surface area contributed by atoms with E-state index in [1.807, 2.05) is 18.3 Å². The van der Waals surface area contributed by atoms with E-state index in [9.17, 15) is 10.1 Å². The summed E-state index contributed by atoms with van der Waals surface area (Å²) in [5.41, 5.74) is 1.16. The fourth-order valence-corrected chi connectivity index (χ4v) is 2.47. The van der Waals surface area contributed by atoms with Crippen LogP contribution >= 0.6 is 0 Å². The molecular weight excluding hydrogens is 232 g/mol. The molecule has 1 aromatic heterocycles. The smallest absolute Gasteiger partial charge is 0.270 e. The molecule has 0 N–H and O–H groups in total. The minimum atomic E-state index is -0.364. The third-order valence-corrected chi connectivity index (χ3v) is 3.39. The minimum absolute atomic E-state index is 0.136. The van der Waals surface area contributed by atoms with Gasteiger partial charge in [-0.15, -0.1) is 0 Å². The first kappa shape index (κ1) is 11.2. The molecule has 94 valence electrons. The summed E-state index contributed by atoms with van der Waals surface area (Å²) in [4.78, 5) is 10.3. The first-order valence-electron chi connectivity index (χ1n) is 6.09. The first-order valence-corrected chi connectivity index (χ1v) is 6.09. The van der Waals surface area contributed by atoms with Crippen molar-refractivity contribution in [2.24, 2.45) is 0 Å². The number of nitro groups is 1. The van der Waals surface area contributed by atoms with E-state index in [0.29, 0.717) is 0 Å². The van der Waals surface area contributed by atoms with Crippen LogP contribution in [0.4, 0.5) is 5.69 Å². The fraction of sp³-hybridized carbons (Fsp3) is 0.385. The molecule has 18 heavy (non-hydrogen) atoms. The predicted octanol–water partition coefficient (Wildman–Crippen LogP) is 2.73. The van der Waals surface area contributed by atoms with Crippen LogP contribution in [0.1, 0.15) is 12.8 Å². The Bertz CT molecular complexity index is 585. The number of rotatable bonds is 3. The standard InChI is InChI=1S/C13H14N2O3/c16-15(17)11-3-4-13-10(8-11)5-6-14(13)9-12-2-1-7-18-12/h3-6,8,12H,1-2,7,9H2. The van der Waals surface area contributed by atoms with Gasteiger partial charge in [-0.2, -0.15) is 0 Å². The van der Waals surface area contributed by atoms with Gasteiger partial charge in [-0.25, -0.2) is 0 Å². The molecule has 0 aliphatic carbocycles. The maximum Gasteiger partial charge on any atom is 0.270 e. The van der Waals surface area contributed by atoms with Crippen molar-refractivity contribution in [3.8, 4) is 0 Å². The van der Waals surface area contributed by atoms with E-state index >= 15 is 0 Å². The van der Waals surface area contributed by atoms with E-state index in [4.69, 9.17) is 4.74 Å². The number of nitrogens with zero attached hydrogens (tertiary/aromatic N) is 2. The highest BCUT2D eigenvalue weighted by Crippen LogP contribution is 2.23. The van der Waals surface area contributed by atoms with Gasteiger partial charge in [-0.05, 0) is 25.0 Å². The Balaban J connectivity index is 1.91. The van der Waals surface area contributed by atoms with Gasteiger partial charge in [0.25, 0.3) is 5.69 Å². The molecule has 2 aromatic rings. The number of hydrogen-bond donors (Lipinski definition) is 0. The Kier molecular flexibility index (Phi) is 2.76. The molecule has 3 rings (SSSR count). The van der Waals surface area contributed by atoms with Crippen LogP contribution in [0.25, 0.3) is 10.9 Å². The van der Waals surface area contributed by atoms with Crippen LogP contribution in [-0.2, 0) is 11.3 Å². The van der Waals surface area contributed by atoms with Crippen molar-refractivity contribution >= 4 is 16.6 Å². The number of non-ortho nitro benzene ring substituents is 1. The van der Waals surface area contributed by atoms with Crippen LogP contribution < -0.4 is 0 Å². The van der Waals surface area contributed by atoms with Crippen LogP contribution in [0.2, 0.25) is 0 Å². The lowest BCUT2D eigenvalue weighted by atomic mass is 10.2. The highest BCUT2D eigenvalue weighted by atomic mass is 16.6. The van der Waals surface area contributed by atoms with Gasteiger partial charge < -0.3 is 9.30 Å². The van der Waals surface area contributed by atoms with Crippen LogP contribution in [0.5, 0.6) is 0 Å². The van der Waals surface area contributed by atoms with Crippen molar-refractivity contribution in [1.29, 1.82) is 0 Å². The lowest BCUT2D eigenvalue weighted by Gasteiger charge is -2.11. The summed E-state index contributed by atoms with van der Waals surface area (Å²) in [6.07, 6.45) is 4.45. The molecule has 0 spiro atoms. The molecule has 1 unspecified atom stereocenters. The maximum atomic E-state index is 10.7. The molecule has 0 radical (unpaired) electrons. The van der Waals surface area contributed by atoms with Crippen molar-refractivity contribution in [3.05, 3.63) is 40.6 Å². The number of benzene rings is 1. The average Bonchev–Trinajstić information content (AvgIpc) is 2.99. The van der Waals surface area contributed by atoms with Gasteiger partial charge in [-0.3, -0.25) is 10.1 Å². The molecular formula is C13H14N2O3. The summed E-state index contributed by atoms with van der Waals surface area (Å²) in [7, 11) is 0. The van der Waals surface area contributed by atoms with Crippen molar-refractivity contribution in [3.63, 3.8) is 0 Å². The summed E-state index contributed by atoms with van der Waals surface area (Å²) in [5, 5.41) is 11.6. The van der Waals surface area contributed by atoms with Gasteiger partial charge in [0.15, 0.2) is 0 Å². The van der Waals surface area contributed by atoms with Gasteiger partial charge in [-0.1, -0.05) is 0 Å². The third-order valence-electron chi connectivity index (χ3n) is 3.39. The van der Waals surface area contributed by atoms with Gasteiger partial charge in [0.05, 0.1) is 11.0 Å². The second kappa shape index (κ2) is 4.42. The van der Waals surface area contributed by atoms with Crippen molar-refractivity contribution < 1.29 is 9.66 Å². The van der Waals surface area contributed by atoms with Crippen molar-refractivity contribution in [2.75, 3.05) is 6.61 Å². The molecule has 0 amide bonds. The molecule has 0 saturated carbocycles. The molecule has 1 fully saturated rings. The molecule has 5 nitrogen and oxygen atoms in total. The highest BCUT2D eigenvalue weighted by molar-refractivity contribution is 5.82. The van der Waals surface area contributed by atoms with Crippen LogP contribution in [0.3, 0.4) is 0 Å². The topological polar surface area (TPSA) is 57.3 Å². The van der Waals surface area contributed by atoms with Gasteiger partial charge in [0.2, 0.25) is 0 Å². The molecule has 2 heterocycles. The van der Waals surface area contributed by atoms with E-state index in [1.165, 1.54) is 0 Å². The lowest BCUT2D eigenvalue weighted by molar-refractivity contribution is -0.384. The van der Waals surface area contributed by atoms with E-state index in [1.54, 1.807) is 12.1 Å². The predicted molar refractivity (Wildman–Crippen MR) is 67.6 cm³/mol. The summed E-state index contributed by atoms with van der Waals surface area (Å²) < 4.78 is 7.71. The number of fused-ring (bicyclic) bond motifs is 1. The van der Waals surface area contributed by atoms with E-state index in [0.717, 1.165) is 36.9 Å². The molecule has 5 heteroatoms. The zero-order valence-electron chi connectivity index (χ0n) is 9.91. The molecule has 1 atom stereocenters. The van der Waals surface area contributed by atoms with E-state index < -0.39 is 0 Å². The van der Waals surface area contributed by atoms with E-state index in [2.05, 4.69) is 4.57 Å². The maximum absolute atomic E-state index is 10.7. The van der Waals surface area contributed by atoms with Gasteiger partial charge in [0.1, 0.15) is 0 Å². The molecule has 1 saturated heterocycles. The summed E-state index contributed by atoms with van der Waals surface area (Å²) >= 11 is 0. The van der Waals surface area contributed by atoms with Crippen LogP contribution in [-0.4, -0.2) is 22.2 Å². The van der Waals surface area contributed by atoms with E-state index in [-0.39, 0.29) is 16.7 Å². The molecule has 1 aliphatic rings. The van der Waals surface area contributed by atoms with Crippen molar-refractivity contribution in [1.82, 2.24) is 4.57 Å². The number of ether oxygens (including phenoxy) is 1. The quantitative estimate of drug-likeness (QED) is 0.618. The van der Waals surface area contributed by atoms with Crippen molar-refractivity contribution in [2.45, 2.75) is 25.5 Å². The normalized spacial score (nSPS) is 19.4. The first-order chi connectivity index (χ1) is 8.74. The zero-order valence-corrected chi connectivity index (χ0v) is 9.91. The minimum Gasteiger partial charge on any atom is -0.376 e. The van der Waals surface area contributed by atoms with Gasteiger partial charge >= 0.3 is 0 Å². The summed E-state index contributed by atoms with van der Waals surface area (Å²) in [6, 6.07) is 6.88. The van der Waals surface area contributed by atoms with Crippen LogP contribution in [0.15, 0.2) is 30.5 Å². The lowest BCUT2D eigenvalue weighted by Crippen LogP contribution is -2.13. The highest BCUT2D eigenvalue weighted by Gasteiger charge is 2.17. The summed E-state index contributed by atoms with van der Waals surface area (Å²) in [6.45, 7) is 1.66. The zero-order chi connectivity index (χ0) is 12.5. The van der Waals surface area contributed by atoms with Crippen LogP contribution in [0, 0.1) is 10.1 Å². The monoisotopic (exact) mass is 246 g/mol.